The maximum Gasteiger partial charge on any atom is 0.230 e. The van der Waals surface area contributed by atoms with E-state index < -0.39 is 0 Å². The average Bonchev–Trinajstić information content (AvgIpc) is 2.05. The van der Waals surface area contributed by atoms with Gasteiger partial charge in [-0.15, -0.1) is 0 Å². The molecule has 0 spiro atoms. The molecule has 0 rings (SSSR count). The SMILES string of the molecule is CCC(C)(CCBr)NC(=O)CSC. The van der Waals surface area contributed by atoms with Crippen molar-refractivity contribution in [3.63, 3.8) is 0 Å². The molecular weight excluding hydrogens is 250 g/mol. The van der Waals surface area contributed by atoms with Gasteiger partial charge in [0.25, 0.3) is 0 Å². The van der Waals surface area contributed by atoms with Gasteiger partial charge in [-0.05, 0) is 26.0 Å². The molecule has 0 aliphatic carbocycles. The third-order valence-corrected chi connectivity index (χ3v) is 3.09. The largest absolute Gasteiger partial charge is 0.350 e. The van der Waals surface area contributed by atoms with Crippen LogP contribution in [0.4, 0.5) is 0 Å². The number of amides is 1. The van der Waals surface area contributed by atoms with Gasteiger partial charge >= 0.3 is 0 Å². The zero-order valence-corrected chi connectivity index (χ0v) is 10.9. The summed E-state index contributed by atoms with van der Waals surface area (Å²) in [6.07, 6.45) is 3.88. The van der Waals surface area contributed by atoms with E-state index in [2.05, 4.69) is 35.1 Å². The number of halogens is 1. The van der Waals surface area contributed by atoms with Gasteiger partial charge in [-0.25, -0.2) is 0 Å². The van der Waals surface area contributed by atoms with Gasteiger partial charge in [-0.3, -0.25) is 4.79 Å². The highest BCUT2D eigenvalue weighted by molar-refractivity contribution is 9.09. The van der Waals surface area contributed by atoms with E-state index in [9.17, 15) is 4.79 Å². The quantitative estimate of drug-likeness (QED) is 0.749. The summed E-state index contributed by atoms with van der Waals surface area (Å²) in [5.74, 6) is 0.690. The Morgan fingerprint density at radius 2 is 2.23 bits per heavy atom. The Hall–Kier alpha value is 0.300. The predicted octanol–water partition coefficient (Wildman–Crippen LogP) is 2.42. The summed E-state index contributed by atoms with van der Waals surface area (Å²) in [6, 6.07) is 0. The number of nitrogens with one attached hydrogen (secondary N) is 1. The number of hydrogen-bond donors (Lipinski definition) is 1. The standard InChI is InChI=1S/C9H18BrNOS/c1-4-9(2,5-6-10)11-8(12)7-13-3/h4-7H2,1-3H3,(H,11,12). The van der Waals surface area contributed by atoms with Crippen LogP contribution in [0.15, 0.2) is 0 Å². The molecule has 0 aromatic carbocycles. The number of thioether (sulfide) groups is 1. The molecule has 1 atom stereocenters. The van der Waals surface area contributed by atoms with Gasteiger partial charge in [0.1, 0.15) is 0 Å². The van der Waals surface area contributed by atoms with Gasteiger partial charge in [0, 0.05) is 10.9 Å². The van der Waals surface area contributed by atoms with Gasteiger partial charge in [-0.2, -0.15) is 11.8 Å². The van der Waals surface area contributed by atoms with Gasteiger partial charge in [0.05, 0.1) is 5.75 Å². The number of carbonyl (C=O) groups is 1. The van der Waals surface area contributed by atoms with Gasteiger partial charge in [-0.1, -0.05) is 22.9 Å². The first kappa shape index (κ1) is 13.3. The van der Waals surface area contributed by atoms with Crippen molar-refractivity contribution >= 4 is 33.6 Å². The van der Waals surface area contributed by atoms with Crippen LogP contribution < -0.4 is 5.32 Å². The fourth-order valence-electron chi connectivity index (χ4n) is 1.04. The van der Waals surface area contributed by atoms with Crippen LogP contribution in [0.3, 0.4) is 0 Å². The third kappa shape index (κ3) is 5.57. The van der Waals surface area contributed by atoms with E-state index in [1.807, 2.05) is 6.26 Å². The molecule has 0 heterocycles. The van der Waals surface area contributed by atoms with Crippen LogP contribution in [-0.4, -0.2) is 28.8 Å². The molecule has 0 radical (unpaired) electrons. The van der Waals surface area contributed by atoms with Crippen molar-refractivity contribution in [3.05, 3.63) is 0 Å². The van der Waals surface area contributed by atoms with Crippen molar-refractivity contribution < 1.29 is 4.79 Å². The lowest BCUT2D eigenvalue weighted by atomic mass is 9.96. The summed E-state index contributed by atoms with van der Waals surface area (Å²) in [5, 5.41) is 3.98. The topological polar surface area (TPSA) is 29.1 Å². The van der Waals surface area contributed by atoms with E-state index in [1.54, 1.807) is 11.8 Å². The number of alkyl halides is 1. The minimum atomic E-state index is -0.0453. The lowest BCUT2D eigenvalue weighted by Crippen LogP contribution is -2.46. The van der Waals surface area contributed by atoms with Crippen LogP contribution in [-0.2, 0) is 4.79 Å². The van der Waals surface area contributed by atoms with E-state index >= 15 is 0 Å². The molecule has 0 saturated heterocycles. The first-order valence-corrected chi connectivity index (χ1v) is 6.95. The average molecular weight is 268 g/mol. The molecule has 4 heteroatoms. The number of rotatable bonds is 6. The molecule has 0 bridgehead atoms. The third-order valence-electron chi connectivity index (χ3n) is 2.14. The predicted molar refractivity (Wildman–Crippen MR) is 63.6 cm³/mol. The minimum absolute atomic E-state index is 0.0453. The first-order valence-electron chi connectivity index (χ1n) is 4.44. The smallest absolute Gasteiger partial charge is 0.230 e. The van der Waals surface area contributed by atoms with Crippen LogP contribution in [0.25, 0.3) is 0 Å². The van der Waals surface area contributed by atoms with Gasteiger partial charge in [0.2, 0.25) is 5.91 Å². The van der Waals surface area contributed by atoms with Crippen LogP contribution in [0.2, 0.25) is 0 Å². The highest BCUT2D eigenvalue weighted by Crippen LogP contribution is 2.15. The lowest BCUT2D eigenvalue weighted by molar-refractivity contribution is -0.120. The molecule has 13 heavy (non-hydrogen) atoms. The first-order chi connectivity index (χ1) is 6.08. The van der Waals surface area contributed by atoms with E-state index in [-0.39, 0.29) is 11.4 Å². The maximum absolute atomic E-state index is 11.3. The van der Waals surface area contributed by atoms with Crippen LogP contribution in [0.1, 0.15) is 26.7 Å². The molecule has 0 aliphatic rings. The van der Waals surface area contributed by atoms with Crippen LogP contribution in [0.5, 0.6) is 0 Å². The zero-order chi connectivity index (χ0) is 10.3. The Balaban J connectivity index is 4.02. The highest BCUT2D eigenvalue weighted by atomic mass is 79.9. The molecule has 2 nitrogen and oxygen atoms in total. The lowest BCUT2D eigenvalue weighted by Gasteiger charge is -2.28. The molecule has 0 fully saturated rings. The summed E-state index contributed by atoms with van der Waals surface area (Å²) >= 11 is 4.95. The number of hydrogen-bond acceptors (Lipinski definition) is 2. The molecule has 0 aromatic heterocycles. The molecular formula is C9H18BrNOS. The molecule has 0 saturated carbocycles. The maximum atomic E-state index is 11.3. The normalized spacial score (nSPS) is 15.1. The Bertz CT molecular complexity index is 166. The van der Waals surface area contributed by atoms with Crippen molar-refractivity contribution in [2.75, 3.05) is 17.3 Å². The van der Waals surface area contributed by atoms with Crippen LogP contribution >= 0.6 is 27.7 Å². The van der Waals surface area contributed by atoms with Gasteiger partial charge in [0.15, 0.2) is 0 Å². The van der Waals surface area contributed by atoms with Crippen molar-refractivity contribution in [2.24, 2.45) is 0 Å². The molecule has 1 N–H and O–H groups in total. The Labute approximate surface area is 93.4 Å². The van der Waals surface area contributed by atoms with E-state index in [0.717, 1.165) is 18.2 Å². The van der Waals surface area contributed by atoms with Crippen molar-refractivity contribution in [1.29, 1.82) is 0 Å². The van der Waals surface area contributed by atoms with Crippen molar-refractivity contribution in [1.82, 2.24) is 5.32 Å². The van der Waals surface area contributed by atoms with Crippen molar-refractivity contribution in [3.8, 4) is 0 Å². The fourth-order valence-corrected chi connectivity index (χ4v) is 2.25. The highest BCUT2D eigenvalue weighted by Gasteiger charge is 2.22. The molecule has 1 amide bonds. The van der Waals surface area contributed by atoms with E-state index in [0.29, 0.717) is 5.75 Å². The minimum Gasteiger partial charge on any atom is -0.350 e. The zero-order valence-electron chi connectivity index (χ0n) is 8.52. The fraction of sp³-hybridized carbons (Fsp3) is 0.889. The molecule has 0 aliphatic heterocycles. The monoisotopic (exact) mass is 267 g/mol. The Morgan fingerprint density at radius 1 is 1.62 bits per heavy atom. The van der Waals surface area contributed by atoms with Crippen LogP contribution in [0, 0.1) is 0 Å². The van der Waals surface area contributed by atoms with E-state index in [1.165, 1.54) is 0 Å². The second-order valence-corrected chi connectivity index (χ2v) is 4.99. The molecule has 1 unspecified atom stereocenters. The van der Waals surface area contributed by atoms with E-state index in [4.69, 9.17) is 0 Å². The Kier molecular flexibility index (Phi) is 6.86. The summed E-state index contributed by atoms with van der Waals surface area (Å²) in [5.41, 5.74) is -0.0453. The second-order valence-electron chi connectivity index (χ2n) is 3.33. The molecule has 0 aromatic rings. The van der Waals surface area contributed by atoms with Gasteiger partial charge < -0.3 is 5.32 Å². The summed E-state index contributed by atoms with van der Waals surface area (Å²) in [7, 11) is 0. The summed E-state index contributed by atoms with van der Waals surface area (Å²) < 4.78 is 0. The van der Waals surface area contributed by atoms with Crippen molar-refractivity contribution in [2.45, 2.75) is 32.2 Å². The summed E-state index contributed by atoms with van der Waals surface area (Å²) in [4.78, 5) is 11.3. The molecule has 78 valence electrons. The Morgan fingerprint density at radius 3 is 2.62 bits per heavy atom. The second kappa shape index (κ2) is 6.71. The number of carbonyl (C=O) groups excluding carboxylic acids is 1. The summed E-state index contributed by atoms with van der Waals surface area (Å²) in [6.45, 7) is 4.19.